The van der Waals surface area contributed by atoms with Crippen LogP contribution in [0.1, 0.15) is 51.0 Å². The first-order valence-electron chi connectivity index (χ1n) is 17.7. The fourth-order valence-electron chi connectivity index (χ4n) is 6.09. The molecule has 0 bridgehead atoms. The minimum absolute atomic E-state index is 0.0576. The summed E-state index contributed by atoms with van der Waals surface area (Å²) in [5.41, 5.74) is 10.6. The number of aromatic nitrogens is 6. The highest BCUT2D eigenvalue weighted by Gasteiger charge is 2.28. The highest BCUT2D eigenvalue weighted by molar-refractivity contribution is 6.58. The largest absolute Gasteiger partial charge is 0.488 e. The molecule has 0 aliphatic carbocycles. The van der Waals surface area contributed by atoms with Crippen molar-refractivity contribution in [2.24, 2.45) is 0 Å². The molecule has 1 aliphatic rings. The van der Waals surface area contributed by atoms with Crippen molar-refractivity contribution in [3.05, 3.63) is 138 Å². The van der Waals surface area contributed by atoms with Crippen molar-refractivity contribution in [2.45, 2.75) is 32.0 Å². The number of halogens is 2. The Morgan fingerprint density at radius 3 is 1.95 bits per heavy atom. The number of nitrogens with one attached hydrogen (secondary N) is 2. The fraction of sp³-hybridized carbons (Fsp3) is 0.179. The maximum absolute atomic E-state index is 13.0. The quantitative estimate of drug-likeness (QED) is 0.101. The van der Waals surface area contributed by atoms with Crippen molar-refractivity contribution >= 4 is 47.2 Å². The summed E-state index contributed by atoms with van der Waals surface area (Å²) in [6.45, 7) is 5.32. The summed E-state index contributed by atoms with van der Waals surface area (Å²) in [5, 5.41) is 28.8. The molecule has 57 heavy (non-hydrogen) atoms. The topological polar surface area (TPSA) is 214 Å². The van der Waals surface area contributed by atoms with Gasteiger partial charge in [0.2, 0.25) is 5.91 Å². The van der Waals surface area contributed by atoms with Gasteiger partial charge in [-0.1, -0.05) is 55.1 Å². The number of likely N-dealkylation sites (tertiary alicyclic amines) is 1. The Balaban J connectivity index is 0.000000232. The van der Waals surface area contributed by atoms with E-state index >= 15 is 0 Å². The van der Waals surface area contributed by atoms with Crippen LogP contribution in [0, 0.1) is 11.6 Å². The lowest BCUT2D eigenvalue weighted by atomic mass is 9.80. The summed E-state index contributed by atoms with van der Waals surface area (Å²) in [7, 11) is -1.51. The molecule has 0 saturated carbocycles. The number of hydrogen-bond donors (Lipinski definition) is 5. The maximum atomic E-state index is 13.0. The van der Waals surface area contributed by atoms with Gasteiger partial charge in [-0.25, -0.2) is 33.4 Å². The Kier molecular flexibility index (Phi) is 12.7. The van der Waals surface area contributed by atoms with Crippen molar-refractivity contribution in [3.63, 3.8) is 0 Å². The van der Waals surface area contributed by atoms with Gasteiger partial charge in [-0.3, -0.25) is 14.4 Å². The molecular formula is C39H37BF2N10O5. The molecule has 2 aromatic carbocycles. The number of carbonyl (C=O) groups is 3. The third-order valence-electron chi connectivity index (χ3n) is 9.08. The van der Waals surface area contributed by atoms with Gasteiger partial charge in [0.15, 0.2) is 5.65 Å². The summed E-state index contributed by atoms with van der Waals surface area (Å²) in [5.74, 6) is -1.58. The SMILES string of the molecule is C=CC(=O)N1CCC[C@@H](n2nc(-c3ccc(CNC(=O)c4ccc(F)cn4)cc3)c3c(N)ncnc32)C1.O=C(NCc1ccc(B(O)O)cc1)c1ccc(F)cn1. The fourth-order valence-corrected chi connectivity index (χ4v) is 6.09. The molecule has 7 rings (SSSR count). The van der Waals surface area contributed by atoms with E-state index in [9.17, 15) is 23.2 Å². The molecule has 1 aliphatic heterocycles. The molecule has 1 fully saturated rings. The normalized spacial score (nSPS) is 13.6. The summed E-state index contributed by atoms with van der Waals surface area (Å²) in [4.78, 5) is 54.1. The van der Waals surface area contributed by atoms with E-state index in [1.807, 2.05) is 28.9 Å². The Labute approximate surface area is 325 Å². The number of amides is 3. The van der Waals surface area contributed by atoms with E-state index in [1.165, 1.54) is 36.7 Å². The number of nitrogen functional groups attached to an aromatic ring is 1. The first-order valence-corrected chi connectivity index (χ1v) is 17.7. The van der Waals surface area contributed by atoms with Crippen molar-refractivity contribution in [1.82, 2.24) is 45.2 Å². The van der Waals surface area contributed by atoms with Crippen LogP contribution in [-0.4, -0.2) is 82.6 Å². The first kappa shape index (κ1) is 39.8. The number of carbonyl (C=O) groups excluding carboxylic acids is 3. The Morgan fingerprint density at radius 2 is 1.42 bits per heavy atom. The van der Waals surface area contributed by atoms with Gasteiger partial charge >= 0.3 is 7.12 Å². The van der Waals surface area contributed by atoms with Gasteiger partial charge in [0.05, 0.1) is 23.8 Å². The van der Waals surface area contributed by atoms with Gasteiger partial charge < -0.3 is 31.3 Å². The molecule has 3 amide bonds. The summed E-state index contributed by atoms with van der Waals surface area (Å²) in [6, 6.07) is 18.9. The molecule has 6 N–H and O–H groups in total. The number of rotatable bonds is 10. The number of fused-ring (bicyclic) bond motifs is 1. The lowest BCUT2D eigenvalue weighted by molar-refractivity contribution is -0.127. The van der Waals surface area contributed by atoms with E-state index in [0.29, 0.717) is 41.1 Å². The smallest absolute Gasteiger partial charge is 0.423 e. The molecule has 290 valence electrons. The van der Waals surface area contributed by atoms with Crippen LogP contribution < -0.4 is 21.8 Å². The molecule has 18 heteroatoms. The van der Waals surface area contributed by atoms with Crippen LogP contribution in [0.2, 0.25) is 0 Å². The molecule has 1 atom stereocenters. The van der Waals surface area contributed by atoms with E-state index in [0.717, 1.165) is 41.9 Å². The van der Waals surface area contributed by atoms with Gasteiger partial charge in [-0.15, -0.1) is 0 Å². The number of anilines is 1. The van der Waals surface area contributed by atoms with Gasteiger partial charge in [-0.05, 0) is 59.8 Å². The van der Waals surface area contributed by atoms with Crippen LogP contribution in [0.3, 0.4) is 0 Å². The first-order chi connectivity index (χ1) is 27.5. The van der Waals surface area contributed by atoms with Gasteiger partial charge in [0, 0.05) is 31.7 Å². The van der Waals surface area contributed by atoms with E-state index in [1.54, 1.807) is 29.2 Å². The van der Waals surface area contributed by atoms with E-state index < -0.39 is 30.6 Å². The molecule has 5 heterocycles. The highest BCUT2D eigenvalue weighted by Crippen LogP contribution is 2.34. The predicted molar refractivity (Wildman–Crippen MR) is 207 cm³/mol. The molecule has 1 saturated heterocycles. The lowest BCUT2D eigenvalue weighted by Gasteiger charge is -2.32. The second-order valence-corrected chi connectivity index (χ2v) is 12.9. The molecular weight excluding hydrogens is 737 g/mol. The van der Waals surface area contributed by atoms with Crippen molar-refractivity contribution in [2.75, 3.05) is 18.8 Å². The minimum atomic E-state index is -1.51. The monoisotopic (exact) mass is 774 g/mol. The molecule has 4 aromatic heterocycles. The van der Waals surface area contributed by atoms with Crippen LogP contribution in [0.5, 0.6) is 0 Å². The summed E-state index contributed by atoms with van der Waals surface area (Å²) < 4.78 is 27.5. The molecule has 0 spiro atoms. The highest BCUT2D eigenvalue weighted by atomic mass is 19.1. The Bertz CT molecular complexity index is 2360. The number of benzene rings is 2. The van der Waals surface area contributed by atoms with E-state index in [-0.39, 0.29) is 36.4 Å². The van der Waals surface area contributed by atoms with Crippen molar-refractivity contribution in [1.29, 1.82) is 0 Å². The van der Waals surface area contributed by atoms with Crippen LogP contribution in [0.25, 0.3) is 22.3 Å². The van der Waals surface area contributed by atoms with Crippen LogP contribution >= 0.6 is 0 Å². The Hall–Kier alpha value is -6.92. The maximum Gasteiger partial charge on any atom is 0.488 e. The zero-order chi connectivity index (χ0) is 40.5. The molecule has 0 unspecified atom stereocenters. The van der Waals surface area contributed by atoms with Crippen molar-refractivity contribution < 1.29 is 33.2 Å². The average Bonchev–Trinajstić information content (AvgIpc) is 3.64. The third-order valence-corrected chi connectivity index (χ3v) is 9.08. The summed E-state index contributed by atoms with van der Waals surface area (Å²) >= 11 is 0. The van der Waals surface area contributed by atoms with Crippen LogP contribution in [0.4, 0.5) is 14.6 Å². The number of piperidine rings is 1. The van der Waals surface area contributed by atoms with Gasteiger partial charge in [0.25, 0.3) is 11.8 Å². The molecule has 6 aromatic rings. The lowest BCUT2D eigenvalue weighted by Crippen LogP contribution is -2.40. The van der Waals surface area contributed by atoms with Crippen molar-refractivity contribution in [3.8, 4) is 11.3 Å². The van der Waals surface area contributed by atoms with E-state index in [4.69, 9.17) is 20.9 Å². The van der Waals surface area contributed by atoms with E-state index in [2.05, 4.69) is 37.1 Å². The third kappa shape index (κ3) is 9.85. The number of nitrogens with two attached hydrogens (primary N) is 1. The predicted octanol–water partition coefficient (Wildman–Crippen LogP) is 2.72. The molecule has 15 nitrogen and oxygen atoms in total. The zero-order valence-electron chi connectivity index (χ0n) is 30.4. The number of nitrogens with zero attached hydrogens (tertiary/aromatic N) is 7. The Morgan fingerprint density at radius 1 is 0.842 bits per heavy atom. The zero-order valence-corrected chi connectivity index (χ0v) is 30.4. The second kappa shape index (κ2) is 18.1. The van der Waals surface area contributed by atoms with Gasteiger partial charge in [-0.2, -0.15) is 5.10 Å². The standard InChI is InChI=1S/C26H25FN8O2.C13H12BFN2O3/c1-2-21(36)34-11-3-4-19(14-34)35-25-22(24(28)31-15-32-25)23(33-35)17-7-5-16(6-8-17)12-30-26(37)20-10-9-18(27)13-29-20;15-11-5-6-12(16-8-11)13(18)17-7-9-1-3-10(4-2-9)14(19)20/h2,5-10,13,15,19H,1,3-4,11-12,14H2,(H,30,37)(H2,28,31,32);1-6,8,19-20H,7H2,(H,17,18)/t19-;/m1./s1. The van der Waals surface area contributed by atoms with Crippen LogP contribution in [-0.2, 0) is 17.9 Å². The average molecular weight is 775 g/mol. The second-order valence-electron chi connectivity index (χ2n) is 12.9. The van der Waals surface area contributed by atoms with Crippen LogP contribution in [0.15, 0.2) is 104 Å². The minimum Gasteiger partial charge on any atom is -0.423 e. The van der Waals surface area contributed by atoms with Gasteiger partial charge in [0.1, 0.15) is 40.9 Å². The number of hydrogen-bond acceptors (Lipinski definition) is 11. The molecule has 0 radical (unpaired) electrons. The summed E-state index contributed by atoms with van der Waals surface area (Å²) in [6.07, 6.45) is 6.42. The number of pyridine rings is 2.